The zero-order valence-corrected chi connectivity index (χ0v) is 14.3. The standard InChI is InChI=1S/C14H17N5O2S2/c1-10(20)18-4-6-19(7-5-18)12(21)9-23-14-15-13(16-17-14)11-3-2-8-22-11/h2-3,8H,4-7,9H2,1H3,(H,15,16,17). The minimum Gasteiger partial charge on any atom is -0.339 e. The molecular formula is C14H17N5O2S2. The third-order valence-electron chi connectivity index (χ3n) is 3.62. The SMILES string of the molecule is CC(=O)N1CCN(C(=O)CSc2n[nH]c(-c3cccs3)n2)CC1. The molecule has 3 rings (SSSR count). The molecule has 0 atom stereocenters. The average molecular weight is 351 g/mol. The Morgan fingerprint density at radius 1 is 1.30 bits per heavy atom. The number of thiophene rings is 1. The van der Waals surface area contributed by atoms with E-state index in [4.69, 9.17) is 0 Å². The van der Waals surface area contributed by atoms with Crippen LogP contribution in [0.4, 0.5) is 0 Å². The molecule has 122 valence electrons. The van der Waals surface area contributed by atoms with Gasteiger partial charge in [0.15, 0.2) is 5.82 Å². The van der Waals surface area contributed by atoms with Crippen LogP contribution in [0.2, 0.25) is 0 Å². The molecule has 1 aliphatic rings. The minimum absolute atomic E-state index is 0.0562. The van der Waals surface area contributed by atoms with Crippen LogP contribution in [0.15, 0.2) is 22.7 Å². The van der Waals surface area contributed by atoms with Crippen LogP contribution in [0.5, 0.6) is 0 Å². The van der Waals surface area contributed by atoms with Crippen molar-refractivity contribution in [1.82, 2.24) is 25.0 Å². The summed E-state index contributed by atoms with van der Waals surface area (Å²) in [5.74, 6) is 1.15. The largest absolute Gasteiger partial charge is 0.339 e. The molecule has 2 aromatic heterocycles. The van der Waals surface area contributed by atoms with Gasteiger partial charge in [0.1, 0.15) is 0 Å². The van der Waals surface area contributed by atoms with Crippen molar-refractivity contribution in [3.05, 3.63) is 17.5 Å². The van der Waals surface area contributed by atoms with Crippen LogP contribution in [0, 0.1) is 0 Å². The summed E-state index contributed by atoms with van der Waals surface area (Å²) in [6, 6.07) is 3.93. The average Bonchev–Trinajstić information content (AvgIpc) is 3.23. The van der Waals surface area contributed by atoms with E-state index in [0.717, 1.165) is 10.7 Å². The van der Waals surface area contributed by atoms with Crippen LogP contribution < -0.4 is 0 Å². The molecule has 0 spiro atoms. The first-order valence-corrected chi connectivity index (χ1v) is 9.12. The van der Waals surface area contributed by atoms with Crippen molar-refractivity contribution in [3.8, 4) is 10.7 Å². The van der Waals surface area contributed by atoms with Gasteiger partial charge >= 0.3 is 0 Å². The van der Waals surface area contributed by atoms with Gasteiger partial charge in [-0.05, 0) is 11.4 Å². The zero-order chi connectivity index (χ0) is 16.2. The second-order valence-electron chi connectivity index (χ2n) is 5.12. The molecule has 2 aromatic rings. The van der Waals surface area contributed by atoms with Gasteiger partial charge in [0.05, 0.1) is 10.6 Å². The normalized spacial score (nSPS) is 15.0. The summed E-state index contributed by atoms with van der Waals surface area (Å²) in [4.78, 5) is 32.5. The van der Waals surface area contributed by atoms with Gasteiger partial charge in [0, 0.05) is 33.1 Å². The molecule has 1 fully saturated rings. The Morgan fingerprint density at radius 2 is 2.04 bits per heavy atom. The molecule has 2 amide bonds. The van der Waals surface area contributed by atoms with E-state index >= 15 is 0 Å². The Balaban J connectivity index is 1.49. The smallest absolute Gasteiger partial charge is 0.233 e. The summed E-state index contributed by atoms with van der Waals surface area (Å²) in [7, 11) is 0. The number of piperazine rings is 1. The first-order chi connectivity index (χ1) is 11.1. The molecule has 23 heavy (non-hydrogen) atoms. The maximum absolute atomic E-state index is 12.2. The van der Waals surface area contributed by atoms with E-state index in [0.29, 0.717) is 37.1 Å². The number of nitrogens with one attached hydrogen (secondary N) is 1. The van der Waals surface area contributed by atoms with E-state index in [-0.39, 0.29) is 11.8 Å². The van der Waals surface area contributed by atoms with Crippen LogP contribution in [-0.2, 0) is 9.59 Å². The zero-order valence-electron chi connectivity index (χ0n) is 12.7. The van der Waals surface area contributed by atoms with Crippen molar-refractivity contribution in [2.45, 2.75) is 12.1 Å². The van der Waals surface area contributed by atoms with Gasteiger partial charge in [-0.25, -0.2) is 4.98 Å². The van der Waals surface area contributed by atoms with Gasteiger partial charge in [-0.3, -0.25) is 14.7 Å². The number of nitrogens with zero attached hydrogens (tertiary/aromatic N) is 4. The van der Waals surface area contributed by atoms with Gasteiger partial charge < -0.3 is 9.80 Å². The number of thioether (sulfide) groups is 1. The van der Waals surface area contributed by atoms with Crippen molar-refractivity contribution in [1.29, 1.82) is 0 Å². The number of carbonyl (C=O) groups excluding carboxylic acids is 2. The number of rotatable bonds is 4. The van der Waals surface area contributed by atoms with Gasteiger partial charge in [-0.2, -0.15) is 0 Å². The van der Waals surface area contributed by atoms with Crippen molar-refractivity contribution in [2.75, 3.05) is 31.9 Å². The Bertz CT molecular complexity index is 677. The van der Waals surface area contributed by atoms with Crippen LogP contribution >= 0.6 is 23.1 Å². The van der Waals surface area contributed by atoms with E-state index < -0.39 is 0 Å². The third-order valence-corrected chi connectivity index (χ3v) is 5.33. The van der Waals surface area contributed by atoms with Crippen LogP contribution in [-0.4, -0.2) is 68.7 Å². The molecule has 1 N–H and O–H groups in total. The topological polar surface area (TPSA) is 82.2 Å². The number of aromatic nitrogens is 3. The second kappa shape index (κ2) is 7.14. The van der Waals surface area contributed by atoms with Gasteiger partial charge in [-0.15, -0.1) is 16.4 Å². The summed E-state index contributed by atoms with van der Waals surface area (Å²) in [6.45, 7) is 3.95. The molecule has 1 aliphatic heterocycles. The van der Waals surface area contributed by atoms with Crippen molar-refractivity contribution in [2.24, 2.45) is 0 Å². The summed E-state index contributed by atoms with van der Waals surface area (Å²) in [5.41, 5.74) is 0. The fourth-order valence-electron chi connectivity index (χ4n) is 2.32. The van der Waals surface area contributed by atoms with Crippen molar-refractivity contribution in [3.63, 3.8) is 0 Å². The molecule has 0 unspecified atom stereocenters. The molecule has 1 saturated heterocycles. The number of carbonyl (C=O) groups is 2. The van der Waals surface area contributed by atoms with Gasteiger partial charge in [0.2, 0.25) is 17.0 Å². The van der Waals surface area contributed by atoms with Gasteiger partial charge in [-0.1, -0.05) is 17.8 Å². The highest BCUT2D eigenvalue weighted by molar-refractivity contribution is 7.99. The van der Waals surface area contributed by atoms with E-state index in [2.05, 4.69) is 15.2 Å². The molecular weight excluding hydrogens is 334 g/mol. The summed E-state index contributed by atoms with van der Waals surface area (Å²) in [5, 5.41) is 9.58. The lowest BCUT2D eigenvalue weighted by molar-refractivity contribution is -0.136. The lowest BCUT2D eigenvalue weighted by atomic mass is 10.3. The van der Waals surface area contributed by atoms with E-state index in [1.54, 1.807) is 28.1 Å². The number of aromatic amines is 1. The van der Waals surface area contributed by atoms with E-state index in [1.165, 1.54) is 11.8 Å². The second-order valence-corrected chi connectivity index (χ2v) is 7.01. The highest BCUT2D eigenvalue weighted by Crippen LogP contribution is 2.23. The van der Waals surface area contributed by atoms with E-state index in [9.17, 15) is 9.59 Å². The first kappa shape index (κ1) is 16.0. The predicted molar refractivity (Wildman–Crippen MR) is 89.3 cm³/mol. The van der Waals surface area contributed by atoms with E-state index in [1.807, 2.05) is 17.5 Å². The Labute approximate surface area is 142 Å². The monoisotopic (exact) mass is 351 g/mol. The fourth-order valence-corrected chi connectivity index (χ4v) is 3.69. The maximum Gasteiger partial charge on any atom is 0.233 e. The number of amides is 2. The lowest BCUT2D eigenvalue weighted by Crippen LogP contribution is -2.50. The van der Waals surface area contributed by atoms with Crippen molar-refractivity contribution >= 4 is 34.9 Å². The summed E-state index contributed by atoms with van der Waals surface area (Å²) < 4.78 is 0. The number of H-pyrrole nitrogens is 1. The van der Waals surface area contributed by atoms with Crippen LogP contribution in [0.3, 0.4) is 0 Å². The maximum atomic E-state index is 12.2. The van der Waals surface area contributed by atoms with Gasteiger partial charge in [0.25, 0.3) is 0 Å². The molecule has 0 radical (unpaired) electrons. The van der Waals surface area contributed by atoms with Crippen LogP contribution in [0.1, 0.15) is 6.92 Å². The Morgan fingerprint density at radius 3 is 2.70 bits per heavy atom. The van der Waals surface area contributed by atoms with Crippen molar-refractivity contribution < 1.29 is 9.59 Å². The molecule has 0 aromatic carbocycles. The first-order valence-electron chi connectivity index (χ1n) is 7.26. The molecule has 0 saturated carbocycles. The Kier molecular flexibility index (Phi) is 4.97. The molecule has 9 heteroatoms. The molecule has 0 aliphatic carbocycles. The number of hydrogen-bond acceptors (Lipinski definition) is 6. The molecule has 0 bridgehead atoms. The Hall–Kier alpha value is -1.87. The number of hydrogen-bond donors (Lipinski definition) is 1. The highest BCUT2D eigenvalue weighted by atomic mass is 32.2. The van der Waals surface area contributed by atoms with Crippen LogP contribution in [0.25, 0.3) is 10.7 Å². The lowest BCUT2D eigenvalue weighted by Gasteiger charge is -2.34. The quantitative estimate of drug-likeness (QED) is 0.840. The molecule has 3 heterocycles. The predicted octanol–water partition coefficient (Wildman–Crippen LogP) is 1.32. The summed E-state index contributed by atoms with van der Waals surface area (Å²) in [6.07, 6.45) is 0. The highest BCUT2D eigenvalue weighted by Gasteiger charge is 2.22. The molecule has 7 nitrogen and oxygen atoms in total. The minimum atomic E-state index is 0.0562. The fraction of sp³-hybridized carbons (Fsp3) is 0.429. The third kappa shape index (κ3) is 3.91. The summed E-state index contributed by atoms with van der Waals surface area (Å²) >= 11 is 2.92.